The van der Waals surface area contributed by atoms with Crippen molar-refractivity contribution in [2.24, 2.45) is 4.99 Å². The van der Waals surface area contributed by atoms with E-state index < -0.39 is 5.97 Å². The SMILES string of the molecule is CCOC(=O)c1c(/N=C/c2cc(Cl)cc(Cl)c2O)sc(C(C)=O)c1C. The lowest BCUT2D eigenvalue weighted by Crippen LogP contribution is -2.06. The molecule has 1 N–H and O–H groups in total. The third kappa shape index (κ3) is 4.21. The number of thiophene rings is 1. The van der Waals surface area contributed by atoms with Crippen LogP contribution in [-0.2, 0) is 4.74 Å². The molecule has 0 saturated carbocycles. The maximum absolute atomic E-state index is 12.2. The molecule has 0 spiro atoms. The number of benzene rings is 1. The lowest BCUT2D eigenvalue weighted by Gasteiger charge is -2.04. The molecule has 0 radical (unpaired) electrons. The lowest BCUT2D eigenvalue weighted by atomic mass is 10.1. The minimum absolute atomic E-state index is 0.0892. The lowest BCUT2D eigenvalue weighted by molar-refractivity contribution is 0.0527. The first kappa shape index (κ1) is 19.4. The molecule has 0 fully saturated rings. The van der Waals surface area contributed by atoms with Crippen LogP contribution >= 0.6 is 34.5 Å². The molecule has 0 atom stereocenters. The van der Waals surface area contributed by atoms with Crippen LogP contribution in [0.4, 0.5) is 5.00 Å². The molecular formula is C17H15Cl2NO4S. The molecule has 0 aliphatic carbocycles. The Morgan fingerprint density at radius 2 is 2.04 bits per heavy atom. The fraction of sp³-hybridized carbons (Fsp3) is 0.235. The van der Waals surface area contributed by atoms with E-state index in [1.54, 1.807) is 13.8 Å². The van der Waals surface area contributed by atoms with Crippen molar-refractivity contribution in [1.82, 2.24) is 0 Å². The number of Topliss-reactive ketones (excluding diaryl/α,β-unsaturated/α-hetero) is 1. The summed E-state index contributed by atoms with van der Waals surface area (Å²) in [4.78, 5) is 28.7. The van der Waals surface area contributed by atoms with Gasteiger partial charge in [-0.1, -0.05) is 23.2 Å². The molecule has 1 heterocycles. The van der Waals surface area contributed by atoms with Gasteiger partial charge in [0.2, 0.25) is 0 Å². The van der Waals surface area contributed by atoms with Crippen molar-refractivity contribution < 1.29 is 19.4 Å². The van der Waals surface area contributed by atoms with Crippen molar-refractivity contribution in [3.05, 3.63) is 43.7 Å². The minimum Gasteiger partial charge on any atom is -0.506 e. The molecule has 0 aliphatic heterocycles. The Morgan fingerprint density at radius 1 is 1.36 bits per heavy atom. The van der Waals surface area contributed by atoms with Gasteiger partial charge in [-0.2, -0.15) is 0 Å². The molecule has 5 nitrogen and oxygen atoms in total. The van der Waals surface area contributed by atoms with E-state index in [0.29, 0.717) is 26.0 Å². The molecule has 2 aromatic rings. The van der Waals surface area contributed by atoms with Gasteiger partial charge in [0.25, 0.3) is 0 Å². The maximum Gasteiger partial charge on any atom is 0.341 e. The Hall–Kier alpha value is -1.89. The van der Waals surface area contributed by atoms with E-state index in [2.05, 4.69) is 4.99 Å². The summed E-state index contributed by atoms with van der Waals surface area (Å²) in [6.45, 7) is 4.99. The smallest absolute Gasteiger partial charge is 0.341 e. The number of carbonyl (C=O) groups is 2. The van der Waals surface area contributed by atoms with Crippen LogP contribution in [0.25, 0.3) is 0 Å². The van der Waals surface area contributed by atoms with Crippen LogP contribution in [0, 0.1) is 6.92 Å². The minimum atomic E-state index is -0.552. The van der Waals surface area contributed by atoms with Crippen molar-refractivity contribution in [2.75, 3.05) is 6.61 Å². The summed E-state index contributed by atoms with van der Waals surface area (Å²) in [6, 6.07) is 2.89. The van der Waals surface area contributed by atoms with E-state index in [1.165, 1.54) is 25.3 Å². The molecule has 1 aromatic heterocycles. The Labute approximate surface area is 158 Å². The van der Waals surface area contributed by atoms with E-state index in [9.17, 15) is 14.7 Å². The number of nitrogens with zero attached hydrogens (tertiary/aromatic N) is 1. The molecule has 2 rings (SSSR count). The number of aromatic hydroxyl groups is 1. The summed E-state index contributed by atoms with van der Waals surface area (Å²) in [6.07, 6.45) is 1.34. The van der Waals surface area contributed by atoms with Gasteiger partial charge in [-0.25, -0.2) is 9.79 Å². The van der Waals surface area contributed by atoms with Crippen LogP contribution in [-0.4, -0.2) is 29.7 Å². The van der Waals surface area contributed by atoms with Gasteiger partial charge in [0.1, 0.15) is 10.8 Å². The van der Waals surface area contributed by atoms with Crippen molar-refractivity contribution >= 4 is 57.5 Å². The summed E-state index contributed by atoms with van der Waals surface area (Å²) in [5.74, 6) is -0.889. The second kappa shape index (κ2) is 7.99. The Balaban J connectivity index is 2.54. The average molecular weight is 400 g/mol. The summed E-state index contributed by atoms with van der Waals surface area (Å²) in [5, 5.41) is 10.7. The van der Waals surface area contributed by atoms with E-state index in [-0.39, 0.29) is 28.7 Å². The third-order valence-electron chi connectivity index (χ3n) is 3.31. The van der Waals surface area contributed by atoms with Gasteiger partial charge in [0, 0.05) is 16.8 Å². The summed E-state index contributed by atoms with van der Waals surface area (Å²) in [5.41, 5.74) is 1.06. The van der Waals surface area contributed by atoms with Crippen molar-refractivity contribution in [3.8, 4) is 5.75 Å². The van der Waals surface area contributed by atoms with E-state index in [1.807, 2.05) is 0 Å². The number of carbonyl (C=O) groups excluding carboxylic acids is 2. The highest BCUT2D eigenvalue weighted by Gasteiger charge is 2.23. The molecule has 0 unspecified atom stereocenters. The first-order chi connectivity index (χ1) is 11.8. The second-order valence-corrected chi connectivity index (χ2v) is 6.94. The highest BCUT2D eigenvalue weighted by molar-refractivity contribution is 7.18. The number of hydrogen-bond donors (Lipinski definition) is 1. The maximum atomic E-state index is 12.2. The topological polar surface area (TPSA) is 76.0 Å². The normalized spacial score (nSPS) is 11.1. The van der Waals surface area contributed by atoms with Crippen LogP contribution < -0.4 is 0 Å². The zero-order valence-corrected chi connectivity index (χ0v) is 16.1. The van der Waals surface area contributed by atoms with Gasteiger partial charge >= 0.3 is 5.97 Å². The summed E-state index contributed by atoms with van der Waals surface area (Å²) < 4.78 is 5.05. The number of rotatable bonds is 5. The van der Waals surface area contributed by atoms with Crippen molar-refractivity contribution in [2.45, 2.75) is 20.8 Å². The zero-order chi connectivity index (χ0) is 18.7. The van der Waals surface area contributed by atoms with Crippen molar-refractivity contribution in [1.29, 1.82) is 0 Å². The van der Waals surface area contributed by atoms with E-state index >= 15 is 0 Å². The number of halogens is 2. The zero-order valence-electron chi connectivity index (χ0n) is 13.7. The Kier molecular flexibility index (Phi) is 6.21. The van der Waals surface area contributed by atoms with Crippen LogP contribution in [0.2, 0.25) is 10.0 Å². The predicted octanol–water partition coefficient (Wildman–Crippen LogP) is 5.20. The quantitative estimate of drug-likeness (QED) is 0.425. The molecule has 132 valence electrons. The summed E-state index contributed by atoms with van der Waals surface area (Å²) in [7, 11) is 0. The second-order valence-electron chi connectivity index (χ2n) is 5.10. The molecule has 0 saturated heterocycles. The summed E-state index contributed by atoms with van der Waals surface area (Å²) >= 11 is 12.9. The van der Waals surface area contributed by atoms with Crippen molar-refractivity contribution in [3.63, 3.8) is 0 Å². The molecular weight excluding hydrogens is 385 g/mol. The molecule has 1 aromatic carbocycles. The van der Waals surface area contributed by atoms with Gasteiger partial charge in [0.15, 0.2) is 5.78 Å². The van der Waals surface area contributed by atoms with Gasteiger partial charge in [-0.05, 0) is 38.5 Å². The Morgan fingerprint density at radius 3 is 2.64 bits per heavy atom. The highest BCUT2D eigenvalue weighted by atomic mass is 35.5. The monoisotopic (exact) mass is 399 g/mol. The molecule has 0 bridgehead atoms. The molecule has 0 aliphatic rings. The largest absolute Gasteiger partial charge is 0.506 e. The predicted molar refractivity (Wildman–Crippen MR) is 100 cm³/mol. The Bertz CT molecular complexity index is 874. The van der Waals surface area contributed by atoms with Gasteiger partial charge in [-0.3, -0.25) is 4.79 Å². The fourth-order valence-electron chi connectivity index (χ4n) is 2.18. The number of esters is 1. The van der Waals surface area contributed by atoms with Crippen LogP contribution in [0.5, 0.6) is 5.75 Å². The van der Waals surface area contributed by atoms with Gasteiger partial charge in [0.05, 0.1) is 22.1 Å². The average Bonchev–Trinajstić information content (AvgIpc) is 2.86. The number of ketones is 1. The third-order valence-corrected chi connectivity index (χ3v) is 5.11. The molecule has 0 amide bonds. The van der Waals surface area contributed by atoms with Crippen LogP contribution in [0.3, 0.4) is 0 Å². The van der Waals surface area contributed by atoms with E-state index in [4.69, 9.17) is 27.9 Å². The van der Waals surface area contributed by atoms with Gasteiger partial charge < -0.3 is 9.84 Å². The molecule has 8 heteroatoms. The number of aliphatic imine (C=N–C) groups is 1. The van der Waals surface area contributed by atoms with Crippen LogP contribution in [0.15, 0.2) is 17.1 Å². The number of phenolic OH excluding ortho intramolecular Hbond substituents is 1. The van der Waals surface area contributed by atoms with E-state index in [0.717, 1.165) is 11.3 Å². The standard InChI is InChI=1S/C17H15Cl2NO4S/c1-4-24-17(23)13-8(2)15(9(3)21)25-16(13)20-7-10-5-11(18)6-12(19)14(10)22/h5-7,22H,4H2,1-3H3/b20-7+. The van der Waals surface area contributed by atoms with Crippen LogP contribution in [0.1, 0.15) is 45.0 Å². The number of ether oxygens (including phenoxy) is 1. The van der Waals surface area contributed by atoms with Gasteiger partial charge in [-0.15, -0.1) is 11.3 Å². The number of phenols is 1. The number of hydrogen-bond acceptors (Lipinski definition) is 6. The highest BCUT2D eigenvalue weighted by Crippen LogP contribution is 2.37. The first-order valence-electron chi connectivity index (χ1n) is 7.29. The molecule has 25 heavy (non-hydrogen) atoms. The first-order valence-corrected chi connectivity index (χ1v) is 8.87. The fourth-order valence-corrected chi connectivity index (χ4v) is 3.73.